The molecule has 4 heterocycles. The molecule has 5 rings (SSSR count). The second-order valence-electron chi connectivity index (χ2n) is 8.37. The SMILES string of the molecule is COc1c[nH]c(CN2C[C@@H]3C[C@H](C2)c2cc(-c4ccccc4)cc(=O)n2C3)cc1=O. The molecule has 0 unspecified atom stereocenters. The zero-order valence-electron chi connectivity index (χ0n) is 17.0. The Morgan fingerprint density at radius 2 is 1.87 bits per heavy atom. The van der Waals surface area contributed by atoms with Crippen molar-refractivity contribution in [3.05, 3.63) is 86.7 Å². The Kier molecular flexibility index (Phi) is 4.79. The van der Waals surface area contributed by atoms with Crippen molar-refractivity contribution in [2.24, 2.45) is 5.92 Å². The fourth-order valence-electron chi connectivity index (χ4n) is 4.98. The van der Waals surface area contributed by atoms with Gasteiger partial charge in [-0.3, -0.25) is 14.5 Å². The maximum absolute atomic E-state index is 12.9. The van der Waals surface area contributed by atoms with E-state index < -0.39 is 0 Å². The third-order valence-electron chi connectivity index (χ3n) is 6.29. The molecule has 0 radical (unpaired) electrons. The van der Waals surface area contributed by atoms with Crippen LogP contribution in [0.25, 0.3) is 11.1 Å². The van der Waals surface area contributed by atoms with Crippen molar-refractivity contribution in [2.75, 3.05) is 20.2 Å². The predicted molar refractivity (Wildman–Crippen MR) is 116 cm³/mol. The average molecular weight is 403 g/mol. The van der Waals surface area contributed by atoms with Gasteiger partial charge in [0, 0.05) is 61.8 Å². The van der Waals surface area contributed by atoms with Gasteiger partial charge in [0.05, 0.1) is 7.11 Å². The molecule has 6 nitrogen and oxygen atoms in total. The van der Waals surface area contributed by atoms with E-state index in [1.165, 1.54) is 7.11 Å². The second-order valence-corrected chi connectivity index (χ2v) is 8.37. The summed E-state index contributed by atoms with van der Waals surface area (Å²) in [5.41, 5.74) is 4.06. The molecule has 1 aromatic carbocycles. The van der Waals surface area contributed by atoms with E-state index in [0.29, 0.717) is 24.1 Å². The van der Waals surface area contributed by atoms with Crippen LogP contribution in [-0.2, 0) is 13.1 Å². The van der Waals surface area contributed by atoms with Crippen molar-refractivity contribution < 1.29 is 4.74 Å². The van der Waals surface area contributed by atoms with E-state index >= 15 is 0 Å². The molecule has 2 bridgehead atoms. The number of H-pyrrole nitrogens is 1. The fourth-order valence-corrected chi connectivity index (χ4v) is 4.98. The quantitative estimate of drug-likeness (QED) is 0.728. The summed E-state index contributed by atoms with van der Waals surface area (Å²) >= 11 is 0. The Morgan fingerprint density at radius 1 is 1.03 bits per heavy atom. The maximum Gasteiger partial charge on any atom is 0.251 e. The summed E-state index contributed by atoms with van der Waals surface area (Å²) in [5.74, 6) is 1.09. The number of hydrogen-bond acceptors (Lipinski definition) is 4. The summed E-state index contributed by atoms with van der Waals surface area (Å²) in [5, 5.41) is 0. The summed E-state index contributed by atoms with van der Waals surface area (Å²) < 4.78 is 7.03. The van der Waals surface area contributed by atoms with Gasteiger partial charge in [-0.2, -0.15) is 0 Å². The van der Waals surface area contributed by atoms with Crippen LogP contribution < -0.4 is 15.7 Å². The Balaban J connectivity index is 1.42. The van der Waals surface area contributed by atoms with Gasteiger partial charge < -0.3 is 14.3 Å². The van der Waals surface area contributed by atoms with Gasteiger partial charge in [-0.1, -0.05) is 30.3 Å². The maximum atomic E-state index is 12.9. The van der Waals surface area contributed by atoms with Crippen LogP contribution in [0.3, 0.4) is 0 Å². The van der Waals surface area contributed by atoms with Crippen LogP contribution in [0.4, 0.5) is 0 Å². The molecule has 6 heteroatoms. The molecule has 2 aliphatic rings. The van der Waals surface area contributed by atoms with Crippen molar-refractivity contribution in [3.63, 3.8) is 0 Å². The topological polar surface area (TPSA) is 67.3 Å². The number of fused-ring (bicyclic) bond motifs is 4. The summed E-state index contributed by atoms with van der Waals surface area (Å²) in [6.07, 6.45) is 2.73. The summed E-state index contributed by atoms with van der Waals surface area (Å²) in [4.78, 5) is 30.5. The highest BCUT2D eigenvalue weighted by molar-refractivity contribution is 5.63. The van der Waals surface area contributed by atoms with Gasteiger partial charge in [0.2, 0.25) is 5.43 Å². The number of aromatic amines is 1. The first-order valence-electron chi connectivity index (χ1n) is 10.4. The van der Waals surface area contributed by atoms with Crippen LogP contribution in [0.1, 0.15) is 23.7 Å². The smallest absolute Gasteiger partial charge is 0.251 e. The number of rotatable bonds is 4. The molecule has 1 saturated heterocycles. The molecule has 2 aromatic heterocycles. The van der Waals surface area contributed by atoms with Crippen molar-refractivity contribution >= 4 is 0 Å². The minimum absolute atomic E-state index is 0.0917. The van der Waals surface area contributed by atoms with Gasteiger partial charge in [-0.05, 0) is 29.5 Å². The largest absolute Gasteiger partial charge is 0.491 e. The summed E-state index contributed by atoms with van der Waals surface area (Å²) in [6, 6.07) is 15.7. The minimum atomic E-state index is -0.104. The fraction of sp³-hybridized carbons (Fsp3) is 0.333. The number of nitrogens with one attached hydrogen (secondary N) is 1. The van der Waals surface area contributed by atoms with Gasteiger partial charge in [0.25, 0.3) is 5.56 Å². The molecule has 154 valence electrons. The van der Waals surface area contributed by atoms with Gasteiger partial charge >= 0.3 is 0 Å². The molecule has 3 aromatic rings. The number of piperidine rings is 1. The number of nitrogens with zero attached hydrogens (tertiary/aromatic N) is 2. The Labute approximate surface area is 174 Å². The van der Waals surface area contributed by atoms with E-state index in [2.05, 4.69) is 16.0 Å². The van der Waals surface area contributed by atoms with E-state index in [1.807, 2.05) is 34.9 Å². The lowest BCUT2D eigenvalue weighted by atomic mass is 9.82. The lowest BCUT2D eigenvalue weighted by Gasteiger charge is -2.43. The molecule has 30 heavy (non-hydrogen) atoms. The zero-order chi connectivity index (χ0) is 20.7. The van der Waals surface area contributed by atoms with Crippen molar-refractivity contribution in [3.8, 4) is 16.9 Å². The molecular formula is C24H25N3O3. The summed E-state index contributed by atoms with van der Waals surface area (Å²) in [6.45, 7) is 3.25. The van der Waals surface area contributed by atoms with Crippen molar-refractivity contribution in [1.82, 2.24) is 14.5 Å². The Bertz CT molecular complexity index is 1180. The molecule has 2 aliphatic heterocycles. The highest BCUT2D eigenvalue weighted by Crippen LogP contribution is 2.36. The third kappa shape index (κ3) is 3.48. The first-order chi connectivity index (χ1) is 14.6. The lowest BCUT2D eigenvalue weighted by Crippen LogP contribution is -2.46. The van der Waals surface area contributed by atoms with Gasteiger partial charge in [-0.25, -0.2) is 0 Å². The van der Waals surface area contributed by atoms with Crippen LogP contribution in [0.2, 0.25) is 0 Å². The molecule has 0 aliphatic carbocycles. The standard InChI is InChI=1S/C24H25N3O3/c1-30-23-11-25-20(10-22(23)28)15-26-12-16-7-19(14-26)21-8-18(9-24(29)27(21)13-16)17-5-3-2-4-6-17/h2-6,8-11,16,19H,7,12-15H2,1H3,(H,25,28)/t16-,19+/m0/s1. The van der Waals surface area contributed by atoms with E-state index in [4.69, 9.17) is 4.74 Å². The molecule has 0 saturated carbocycles. The third-order valence-corrected chi connectivity index (χ3v) is 6.29. The van der Waals surface area contributed by atoms with Gasteiger partial charge in [0.15, 0.2) is 5.75 Å². The molecule has 1 N–H and O–H groups in total. The number of benzene rings is 1. The average Bonchev–Trinajstić information content (AvgIpc) is 2.75. The van der Waals surface area contributed by atoms with Crippen LogP contribution >= 0.6 is 0 Å². The molecule has 0 spiro atoms. The summed E-state index contributed by atoms with van der Waals surface area (Å²) in [7, 11) is 1.50. The van der Waals surface area contributed by atoms with Gasteiger partial charge in [-0.15, -0.1) is 0 Å². The highest BCUT2D eigenvalue weighted by atomic mass is 16.5. The minimum Gasteiger partial charge on any atom is -0.491 e. The zero-order valence-corrected chi connectivity index (χ0v) is 17.0. The van der Waals surface area contributed by atoms with Crippen LogP contribution in [0.5, 0.6) is 5.75 Å². The van der Waals surface area contributed by atoms with Crippen LogP contribution in [-0.4, -0.2) is 34.7 Å². The molecule has 0 amide bonds. The van der Waals surface area contributed by atoms with E-state index in [1.54, 1.807) is 18.3 Å². The second kappa shape index (κ2) is 7.61. The number of methoxy groups -OCH3 is 1. The Morgan fingerprint density at radius 3 is 2.63 bits per heavy atom. The number of likely N-dealkylation sites (tertiary alicyclic amines) is 1. The molecular weight excluding hydrogens is 378 g/mol. The van der Waals surface area contributed by atoms with Gasteiger partial charge in [0.1, 0.15) is 0 Å². The number of aromatic nitrogens is 2. The monoisotopic (exact) mass is 403 g/mol. The Hall–Kier alpha value is -3.12. The lowest BCUT2D eigenvalue weighted by molar-refractivity contribution is 0.113. The van der Waals surface area contributed by atoms with Crippen molar-refractivity contribution in [2.45, 2.75) is 25.4 Å². The van der Waals surface area contributed by atoms with E-state index in [0.717, 1.165) is 48.6 Å². The van der Waals surface area contributed by atoms with Crippen LogP contribution in [0.15, 0.2) is 64.3 Å². The first kappa shape index (κ1) is 18.9. The van der Waals surface area contributed by atoms with E-state index in [-0.39, 0.29) is 11.0 Å². The van der Waals surface area contributed by atoms with Crippen LogP contribution in [0, 0.1) is 5.92 Å². The number of pyridine rings is 2. The number of hydrogen-bond donors (Lipinski definition) is 1. The number of ether oxygens (including phenoxy) is 1. The first-order valence-corrected chi connectivity index (χ1v) is 10.4. The normalized spacial score (nSPS) is 20.6. The molecule has 1 fully saturated rings. The van der Waals surface area contributed by atoms with Crippen molar-refractivity contribution in [1.29, 1.82) is 0 Å². The highest BCUT2D eigenvalue weighted by Gasteiger charge is 2.35. The van der Waals surface area contributed by atoms with E-state index in [9.17, 15) is 9.59 Å². The predicted octanol–water partition coefficient (Wildman–Crippen LogP) is 2.83. The molecule has 2 atom stereocenters.